The molecule has 1 fully saturated rings. The zero-order valence-corrected chi connectivity index (χ0v) is 16.9. The highest BCUT2D eigenvalue weighted by Gasteiger charge is 2.17. The average molecular weight is 414 g/mol. The normalized spacial score (nSPS) is 14.0. The number of aromatic amines is 1. The van der Waals surface area contributed by atoms with E-state index in [9.17, 15) is 4.79 Å². The molecule has 0 bridgehead atoms. The molecule has 0 radical (unpaired) electrons. The molecule has 1 amide bonds. The summed E-state index contributed by atoms with van der Waals surface area (Å²) in [5, 5.41) is 11.3. The van der Waals surface area contributed by atoms with Gasteiger partial charge in [0, 0.05) is 35.9 Å². The maximum Gasteiger partial charge on any atom is 0.227 e. The molecule has 0 saturated carbocycles. The zero-order valence-electron chi connectivity index (χ0n) is 16.9. The molecule has 8 heteroatoms. The lowest BCUT2D eigenvalue weighted by atomic mass is 10.1. The van der Waals surface area contributed by atoms with Gasteiger partial charge in [-0.05, 0) is 35.9 Å². The summed E-state index contributed by atoms with van der Waals surface area (Å²) in [4.78, 5) is 23.5. The molecule has 8 nitrogen and oxygen atoms in total. The van der Waals surface area contributed by atoms with E-state index in [2.05, 4.69) is 25.5 Å². The SMILES string of the molecule is O=C(Cc1cccc(-c2nccc(Nc3ccc4[nH]ncc4c3)n2)c1)N1CCOCC1. The van der Waals surface area contributed by atoms with Crippen molar-refractivity contribution >= 4 is 28.3 Å². The van der Waals surface area contributed by atoms with E-state index >= 15 is 0 Å². The minimum atomic E-state index is 0.117. The van der Waals surface area contributed by atoms with Crippen LogP contribution in [0.1, 0.15) is 5.56 Å². The number of benzene rings is 2. The van der Waals surface area contributed by atoms with Gasteiger partial charge < -0.3 is 15.0 Å². The van der Waals surface area contributed by atoms with Crippen molar-refractivity contribution in [3.63, 3.8) is 0 Å². The van der Waals surface area contributed by atoms with Crippen LogP contribution in [0, 0.1) is 0 Å². The number of ether oxygens (including phenoxy) is 1. The fourth-order valence-electron chi connectivity index (χ4n) is 3.66. The minimum Gasteiger partial charge on any atom is -0.378 e. The molecule has 0 unspecified atom stereocenters. The summed E-state index contributed by atoms with van der Waals surface area (Å²) in [6, 6.07) is 15.6. The first-order chi connectivity index (χ1) is 15.2. The highest BCUT2D eigenvalue weighted by Crippen LogP contribution is 2.22. The number of anilines is 2. The van der Waals surface area contributed by atoms with E-state index in [1.165, 1.54) is 0 Å². The van der Waals surface area contributed by atoms with Crippen LogP contribution >= 0.6 is 0 Å². The number of carbonyl (C=O) groups excluding carboxylic acids is 1. The van der Waals surface area contributed by atoms with Crippen LogP contribution in [0.5, 0.6) is 0 Å². The van der Waals surface area contributed by atoms with Crippen LogP contribution in [0.3, 0.4) is 0 Å². The fourth-order valence-corrected chi connectivity index (χ4v) is 3.66. The van der Waals surface area contributed by atoms with Crippen LogP contribution in [0.2, 0.25) is 0 Å². The maximum absolute atomic E-state index is 12.6. The van der Waals surface area contributed by atoms with Gasteiger partial charge in [-0.2, -0.15) is 5.10 Å². The Bertz CT molecular complexity index is 1220. The third-order valence-corrected chi connectivity index (χ3v) is 5.27. The number of hydrogen-bond donors (Lipinski definition) is 2. The number of H-pyrrole nitrogens is 1. The molecule has 1 aliphatic heterocycles. The molecule has 156 valence electrons. The van der Waals surface area contributed by atoms with E-state index in [1.807, 2.05) is 53.4 Å². The van der Waals surface area contributed by atoms with Crippen LogP contribution < -0.4 is 5.32 Å². The number of rotatable bonds is 5. The lowest BCUT2D eigenvalue weighted by Gasteiger charge is -2.26. The number of morpholine rings is 1. The van der Waals surface area contributed by atoms with Gasteiger partial charge in [0.2, 0.25) is 5.91 Å². The summed E-state index contributed by atoms with van der Waals surface area (Å²) >= 11 is 0. The summed E-state index contributed by atoms with van der Waals surface area (Å²) in [7, 11) is 0. The number of nitrogens with one attached hydrogen (secondary N) is 2. The first-order valence-corrected chi connectivity index (χ1v) is 10.2. The zero-order chi connectivity index (χ0) is 21.0. The summed E-state index contributed by atoms with van der Waals surface area (Å²) in [5.41, 5.74) is 3.73. The van der Waals surface area contributed by atoms with E-state index in [1.54, 1.807) is 12.4 Å². The van der Waals surface area contributed by atoms with Gasteiger partial charge in [0.15, 0.2) is 5.82 Å². The van der Waals surface area contributed by atoms with E-state index in [0.29, 0.717) is 44.4 Å². The smallest absolute Gasteiger partial charge is 0.227 e. The fraction of sp³-hybridized carbons (Fsp3) is 0.217. The molecule has 31 heavy (non-hydrogen) atoms. The van der Waals surface area contributed by atoms with Gasteiger partial charge in [-0.15, -0.1) is 0 Å². The van der Waals surface area contributed by atoms with Crippen molar-refractivity contribution in [1.82, 2.24) is 25.1 Å². The minimum absolute atomic E-state index is 0.117. The molecule has 0 spiro atoms. The number of fused-ring (bicyclic) bond motifs is 1. The van der Waals surface area contributed by atoms with Gasteiger partial charge in [0.1, 0.15) is 5.82 Å². The number of amides is 1. The van der Waals surface area contributed by atoms with Gasteiger partial charge in [0.25, 0.3) is 0 Å². The molecule has 4 aromatic rings. The van der Waals surface area contributed by atoms with E-state index < -0.39 is 0 Å². The molecule has 3 heterocycles. The maximum atomic E-state index is 12.6. The van der Waals surface area contributed by atoms with Crippen LogP contribution in [0.25, 0.3) is 22.3 Å². The molecule has 2 aromatic carbocycles. The van der Waals surface area contributed by atoms with Crippen LogP contribution in [-0.2, 0) is 16.0 Å². The lowest BCUT2D eigenvalue weighted by molar-refractivity contribution is -0.134. The second kappa shape index (κ2) is 8.53. The molecular formula is C23H22N6O2. The molecule has 2 aromatic heterocycles. The van der Waals surface area contributed by atoms with Crippen molar-refractivity contribution in [2.24, 2.45) is 0 Å². The summed E-state index contributed by atoms with van der Waals surface area (Å²) in [6.07, 6.45) is 3.87. The van der Waals surface area contributed by atoms with Gasteiger partial charge >= 0.3 is 0 Å². The molecule has 0 atom stereocenters. The van der Waals surface area contributed by atoms with E-state index in [-0.39, 0.29) is 5.91 Å². The Labute approximate surface area is 179 Å². The standard InChI is InChI=1S/C23H22N6O2/c30-22(29-8-10-31-11-9-29)13-16-2-1-3-17(12-16)23-24-7-6-21(27-23)26-19-4-5-20-18(14-19)15-25-28-20/h1-7,12,14-15H,8-11,13H2,(H,25,28)(H,24,26,27). The quantitative estimate of drug-likeness (QED) is 0.521. The Morgan fingerprint density at radius 3 is 2.94 bits per heavy atom. The van der Waals surface area contributed by atoms with Crippen molar-refractivity contribution < 1.29 is 9.53 Å². The van der Waals surface area contributed by atoms with Gasteiger partial charge in [-0.25, -0.2) is 9.97 Å². The van der Waals surface area contributed by atoms with Gasteiger partial charge in [-0.1, -0.05) is 18.2 Å². The Morgan fingerprint density at radius 1 is 1.13 bits per heavy atom. The van der Waals surface area contributed by atoms with Crippen molar-refractivity contribution in [3.8, 4) is 11.4 Å². The Balaban J connectivity index is 1.33. The van der Waals surface area contributed by atoms with Crippen LogP contribution in [0.4, 0.5) is 11.5 Å². The van der Waals surface area contributed by atoms with Crippen molar-refractivity contribution in [2.45, 2.75) is 6.42 Å². The molecule has 5 rings (SSSR count). The predicted octanol–water partition coefficient (Wildman–Crippen LogP) is 3.16. The summed E-state index contributed by atoms with van der Waals surface area (Å²) in [6.45, 7) is 2.51. The molecule has 1 aliphatic rings. The van der Waals surface area contributed by atoms with E-state index in [0.717, 1.165) is 27.7 Å². The third kappa shape index (κ3) is 4.39. The summed E-state index contributed by atoms with van der Waals surface area (Å²) in [5.74, 6) is 1.42. The highest BCUT2D eigenvalue weighted by molar-refractivity contribution is 5.82. The largest absolute Gasteiger partial charge is 0.378 e. The predicted molar refractivity (Wildman–Crippen MR) is 118 cm³/mol. The Kier molecular flexibility index (Phi) is 5.28. The highest BCUT2D eigenvalue weighted by atomic mass is 16.5. The Hall–Kier alpha value is -3.78. The molecule has 2 N–H and O–H groups in total. The molecule has 1 saturated heterocycles. The van der Waals surface area contributed by atoms with Gasteiger partial charge in [-0.3, -0.25) is 9.89 Å². The molecule has 0 aliphatic carbocycles. The average Bonchev–Trinajstić information content (AvgIpc) is 3.28. The van der Waals surface area contributed by atoms with Crippen LogP contribution in [0.15, 0.2) is 60.9 Å². The first kappa shape index (κ1) is 19.2. The number of nitrogens with zero attached hydrogens (tertiary/aromatic N) is 4. The second-order valence-corrected chi connectivity index (χ2v) is 7.43. The first-order valence-electron chi connectivity index (χ1n) is 10.2. The van der Waals surface area contributed by atoms with E-state index in [4.69, 9.17) is 4.74 Å². The monoisotopic (exact) mass is 414 g/mol. The summed E-state index contributed by atoms with van der Waals surface area (Å²) < 4.78 is 5.33. The molecular weight excluding hydrogens is 392 g/mol. The van der Waals surface area contributed by atoms with Crippen LogP contribution in [-0.4, -0.2) is 57.3 Å². The van der Waals surface area contributed by atoms with Gasteiger partial charge in [0.05, 0.1) is 31.3 Å². The third-order valence-electron chi connectivity index (χ3n) is 5.27. The van der Waals surface area contributed by atoms with Crippen molar-refractivity contribution in [1.29, 1.82) is 0 Å². The Morgan fingerprint density at radius 2 is 2.03 bits per heavy atom. The second-order valence-electron chi connectivity index (χ2n) is 7.43. The number of hydrogen-bond acceptors (Lipinski definition) is 6. The lowest BCUT2D eigenvalue weighted by Crippen LogP contribution is -2.41. The number of aromatic nitrogens is 4. The van der Waals surface area contributed by atoms with Crippen molar-refractivity contribution in [3.05, 3.63) is 66.5 Å². The number of carbonyl (C=O) groups is 1. The topological polar surface area (TPSA) is 96.0 Å². The van der Waals surface area contributed by atoms with Crippen molar-refractivity contribution in [2.75, 3.05) is 31.6 Å².